The van der Waals surface area contributed by atoms with Crippen LogP contribution in [0.4, 0.5) is 9.39 Å². The third-order valence-electron chi connectivity index (χ3n) is 6.73. The topological polar surface area (TPSA) is 128 Å². The highest BCUT2D eigenvalue weighted by atomic mass is 32.2. The van der Waals surface area contributed by atoms with E-state index in [9.17, 15) is 18.8 Å². The molecule has 0 spiro atoms. The Morgan fingerprint density at radius 2 is 1.93 bits per heavy atom. The Hall–Kier alpha value is -3.97. The maximum Gasteiger partial charge on any atom is 0.341 e. The Labute approximate surface area is 250 Å². The fourth-order valence-electron chi connectivity index (χ4n) is 4.67. The maximum atomic E-state index is 13.7. The van der Waals surface area contributed by atoms with E-state index in [4.69, 9.17) is 9.15 Å². The van der Waals surface area contributed by atoms with Gasteiger partial charge in [-0.05, 0) is 81.5 Å². The van der Waals surface area contributed by atoms with E-state index < -0.39 is 22.9 Å². The Balaban J connectivity index is 1.37. The largest absolute Gasteiger partial charge is 0.462 e. The Bertz CT molecular complexity index is 1570. The Morgan fingerprint density at radius 1 is 1.14 bits per heavy atom. The van der Waals surface area contributed by atoms with E-state index in [0.29, 0.717) is 27.2 Å². The number of furan rings is 1. The average molecular weight is 612 g/mol. The first-order valence-corrected chi connectivity index (χ1v) is 15.4. The van der Waals surface area contributed by atoms with Crippen molar-refractivity contribution in [1.82, 2.24) is 20.1 Å². The molecule has 0 bridgehead atoms. The first-order chi connectivity index (χ1) is 20.4. The van der Waals surface area contributed by atoms with Gasteiger partial charge in [0, 0.05) is 10.6 Å². The van der Waals surface area contributed by atoms with Gasteiger partial charge in [-0.2, -0.15) is 0 Å². The van der Waals surface area contributed by atoms with Crippen molar-refractivity contribution < 1.29 is 27.9 Å². The highest BCUT2D eigenvalue weighted by molar-refractivity contribution is 8.00. The van der Waals surface area contributed by atoms with E-state index in [0.717, 1.165) is 54.3 Å². The minimum absolute atomic E-state index is 0.00863. The quantitative estimate of drug-likeness (QED) is 0.136. The highest BCUT2D eigenvalue weighted by Gasteiger charge is 2.29. The summed E-state index contributed by atoms with van der Waals surface area (Å²) < 4.78 is 25.9. The van der Waals surface area contributed by atoms with E-state index >= 15 is 0 Å². The molecule has 1 aliphatic carbocycles. The van der Waals surface area contributed by atoms with Gasteiger partial charge in [-0.15, -0.1) is 21.5 Å². The molecule has 1 atom stereocenters. The van der Waals surface area contributed by atoms with Gasteiger partial charge in [-0.1, -0.05) is 18.2 Å². The lowest BCUT2D eigenvalue weighted by Crippen LogP contribution is -2.25. The molecule has 1 aromatic carbocycles. The van der Waals surface area contributed by atoms with Crippen molar-refractivity contribution in [3.8, 4) is 5.69 Å². The zero-order valence-electron chi connectivity index (χ0n) is 23.1. The molecule has 2 N–H and O–H groups in total. The molecule has 3 aromatic heterocycles. The van der Waals surface area contributed by atoms with Crippen LogP contribution in [0.15, 0.2) is 52.2 Å². The number of thioether (sulfide) groups is 1. The fraction of sp³-hybridized carbons (Fsp3) is 0.345. The fourth-order valence-corrected chi connectivity index (χ4v) is 6.84. The number of esters is 1. The summed E-state index contributed by atoms with van der Waals surface area (Å²) in [5.74, 6) is -1.05. The van der Waals surface area contributed by atoms with Gasteiger partial charge in [-0.3, -0.25) is 14.2 Å². The number of nitrogens with one attached hydrogen (secondary N) is 2. The first-order valence-electron chi connectivity index (χ1n) is 13.7. The van der Waals surface area contributed by atoms with Gasteiger partial charge in [0.25, 0.3) is 5.91 Å². The molecule has 42 heavy (non-hydrogen) atoms. The van der Waals surface area contributed by atoms with Crippen LogP contribution in [0, 0.1) is 5.82 Å². The molecule has 13 heteroatoms. The number of hydrogen-bond donors (Lipinski definition) is 2. The SMILES string of the molecule is CCOC(=O)c1c(NC(=O)C(C)Sc2nnc(CNC(=O)c3ccco3)n2-c2ccc(F)cc2)sc2c1CCCCC2. The third kappa shape index (κ3) is 6.57. The minimum atomic E-state index is -0.643. The number of aryl methyl sites for hydroxylation is 1. The number of fused-ring (bicyclic) bond motifs is 1. The van der Waals surface area contributed by atoms with Crippen LogP contribution in [0.2, 0.25) is 0 Å². The number of amides is 2. The number of hydrogen-bond acceptors (Lipinski definition) is 9. The number of thiophene rings is 1. The van der Waals surface area contributed by atoms with Gasteiger partial charge in [0.05, 0.1) is 30.2 Å². The van der Waals surface area contributed by atoms with Crippen LogP contribution in [-0.2, 0) is 28.9 Å². The van der Waals surface area contributed by atoms with Gasteiger partial charge in [0.2, 0.25) is 5.91 Å². The Kier molecular flexibility index (Phi) is 9.38. The molecular formula is C29H30FN5O5S2. The lowest BCUT2D eigenvalue weighted by atomic mass is 10.1. The van der Waals surface area contributed by atoms with Gasteiger partial charge in [-0.25, -0.2) is 9.18 Å². The predicted octanol–water partition coefficient (Wildman–Crippen LogP) is 5.56. The summed E-state index contributed by atoms with van der Waals surface area (Å²) in [5.41, 5.74) is 1.99. The molecule has 3 heterocycles. The van der Waals surface area contributed by atoms with Crippen LogP contribution >= 0.6 is 23.1 Å². The second-order valence-electron chi connectivity index (χ2n) is 9.61. The van der Waals surface area contributed by atoms with E-state index in [1.54, 1.807) is 42.7 Å². The average Bonchev–Trinajstić information content (AvgIpc) is 3.69. The van der Waals surface area contributed by atoms with Crippen molar-refractivity contribution in [3.63, 3.8) is 0 Å². The van der Waals surface area contributed by atoms with Crippen molar-refractivity contribution >= 4 is 45.9 Å². The number of aromatic nitrogens is 3. The van der Waals surface area contributed by atoms with Crippen LogP contribution in [0.1, 0.15) is 70.3 Å². The van der Waals surface area contributed by atoms with Crippen molar-refractivity contribution in [3.05, 3.63) is 76.1 Å². The summed E-state index contributed by atoms with van der Waals surface area (Å²) in [4.78, 5) is 39.9. The molecule has 2 amide bonds. The molecule has 220 valence electrons. The van der Waals surface area contributed by atoms with Crippen molar-refractivity contribution in [2.24, 2.45) is 0 Å². The number of halogens is 1. The smallest absolute Gasteiger partial charge is 0.341 e. The first kappa shape index (κ1) is 29.5. The van der Waals surface area contributed by atoms with Crippen LogP contribution in [0.3, 0.4) is 0 Å². The molecule has 0 aliphatic heterocycles. The number of carbonyl (C=O) groups excluding carboxylic acids is 3. The number of anilines is 1. The number of ether oxygens (including phenoxy) is 1. The number of rotatable bonds is 10. The molecule has 0 radical (unpaired) electrons. The van der Waals surface area contributed by atoms with E-state index in [-0.39, 0.29) is 24.8 Å². The Morgan fingerprint density at radius 3 is 2.67 bits per heavy atom. The number of carbonyl (C=O) groups is 3. The summed E-state index contributed by atoms with van der Waals surface area (Å²) in [6, 6.07) is 8.90. The van der Waals surface area contributed by atoms with Crippen molar-refractivity contribution in [2.75, 3.05) is 11.9 Å². The summed E-state index contributed by atoms with van der Waals surface area (Å²) in [6.07, 6.45) is 6.17. The standard InChI is InChI=1S/C29H30FN5O5S2/c1-3-39-28(38)24-20-8-5-4-6-10-22(20)42-27(24)32-25(36)17(2)41-29-34-33-23(16-31-26(37)21-9-7-15-40-21)35(29)19-13-11-18(30)12-14-19/h7,9,11-15,17H,3-6,8,10,16H2,1-2H3,(H,31,37)(H,32,36). The van der Waals surface area contributed by atoms with Crippen LogP contribution in [-0.4, -0.2) is 44.4 Å². The van der Waals surface area contributed by atoms with Gasteiger partial charge >= 0.3 is 5.97 Å². The molecule has 0 saturated heterocycles. The summed E-state index contributed by atoms with van der Waals surface area (Å²) in [7, 11) is 0. The van der Waals surface area contributed by atoms with Crippen LogP contribution in [0.25, 0.3) is 5.69 Å². The number of benzene rings is 1. The zero-order chi connectivity index (χ0) is 29.6. The summed E-state index contributed by atoms with van der Waals surface area (Å²) in [5, 5.41) is 14.4. The monoisotopic (exact) mass is 611 g/mol. The molecule has 1 unspecified atom stereocenters. The lowest BCUT2D eigenvalue weighted by Gasteiger charge is -2.14. The van der Waals surface area contributed by atoms with Crippen molar-refractivity contribution in [1.29, 1.82) is 0 Å². The molecule has 0 saturated carbocycles. The molecule has 1 aliphatic rings. The van der Waals surface area contributed by atoms with Gasteiger partial charge in [0.1, 0.15) is 10.8 Å². The summed E-state index contributed by atoms with van der Waals surface area (Å²) >= 11 is 2.59. The van der Waals surface area contributed by atoms with E-state index in [1.165, 1.54) is 29.7 Å². The van der Waals surface area contributed by atoms with Crippen molar-refractivity contribution in [2.45, 2.75) is 62.9 Å². The van der Waals surface area contributed by atoms with Gasteiger partial charge < -0.3 is 19.8 Å². The molecule has 0 fully saturated rings. The molecule has 10 nitrogen and oxygen atoms in total. The maximum absolute atomic E-state index is 13.7. The van der Waals surface area contributed by atoms with Gasteiger partial charge in [0.15, 0.2) is 16.7 Å². The summed E-state index contributed by atoms with van der Waals surface area (Å²) in [6.45, 7) is 3.74. The highest BCUT2D eigenvalue weighted by Crippen LogP contribution is 2.38. The minimum Gasteiger partial charge on any atom is -0.462 e. The molecule has 4 aromatic rings. The van der Waals surface area contributed by atoms with Crippen LogP contribution in [0.5, 0.6) is 0 Å². The third-order valence-corrected chi connectivity index (χ3v) is 8.98. The normalized spacial score (nSPS) is 13.6. The second kappa shape index (κ2) is 13.3. The molecular weight excluding hydrogens is 581 g/mol. The molecule has 5 rings (SSSR count). The second-order valence-corrected chi connectivity index (χ2v) is 12.0. The zero-order valence-corrected chi connectivity index (χ0v) is 24.8. The predicted molar refractivity (Wildman–Crippen MR) is 157 cm³/mol. The lowest BCUT2D eigenvalue weighted by molar-refractivity contribution is -0.115. The van der Waals surface area contributed by atoms with Crippen LogP contribution < -0.4 is 10.6 Å². The number of nitrogens with zero attached hydrogens (tertiary/aromatic N) is 3. The van der Waals surface area contributed by atoms with E-state index in [2.05, 4.69) is 20.8 Å². The van der Waals surface area contributed by atoms with E-state index in [1.807, 2.05) is 0 Å².